The Bertz CT molecular complexity index is 379. The Balaban J connectivity index is 1.75. The maximum atomic E-state index is 3.58. The van der Waals surface area contributed by atoms with Crippen molar-refractivity contribution < 1.29 is 0 Å². The van der Waals surface area contributed by atoms with Crippen molar-refractivity contribution in [3.05, 3.63) is 29.8 Å². The SMILES string of the molecule is CSc1ccc(CNCC2CN(C)CCN2C)cc1. The normalized spacial score (nSPS) is 21.7. The molecule has 1 aliphatic heterocycles. The van der Waals surface area contributed by atoms with Gasteiger partial charge in [0.25, 0.3) is 0 Å². The predicted molar refractivity (Wildman–Crippen MR) is 83.8 cm³/mol. The Hall–Kier alpha value is -0.550. The molecule has 1 heterocycles. The summed E-state index contributed by atoms with van der Waals surface area (Å²) in [6.45, 7) is 5.54. The first-order chi connectivity index (χ1) is 9.19. The van der Waals surface area contributed by atoms with Crippen LogP contribution in [0.3, 0.4) is 0 Å². The van der Waals surface area contributed by atoms with Crippen LogP contribution in [0.4, 0.5) is 0 Å². The highest BCUT2D eigenvalue weighted by Gasteiger charge is 2.21. The van der Waals surface area contributed by atoms with Gasteiger partial charge >= 0.3 is 0 Å². The van der Waals surface area contributed by atoms with Gasteiger partial charge in [-0.1, -0.05) is 12.1 Å². The van der Waals surface area contributed by atoms with E-state index in [2.05, 4.69) is 59.7 Å². The van der Waals surface area contributed by atoms with Crippen LogP contribution in [-0.4, -0.2) is 62.4 Å². The van der Waals surface area contributed by atoms with Gasteiger partial charge in [0.2, 0.25) is 0 Å². The number of rotatable bonds is 5. The Kier molecular flexibility index (Phi) is 5.70. The molecule has 0 aromatic heterocycles. The number of likely N-dealkylation sites (N-methyl/N-ethyl adjacent to an activating group) is 2. The molecule has 0 bridgehead atoms. The number of hydrogen-bond acceptors (Lipinski definition) is 4. The summed E-state index contributed by atoms with van der Waals surface area (Å²) in [5.74, 6) is 0. The van der Waals surface area contributed by atoms with Gasteiger partial charge in [-0.25, -0.2) is 0 Å². The standard InChI is InChI=1S/C15H25N3S/c1-17-8-9-18(2)14(12-17)11-16-10-13-4-6-15(19-3)7-5-13/h4-7,14,16H,8-12H2,1-3H3. The van der Waals surface area contributed by atoms with E-state index in [4.69, 9.17) is 0 Å². The molecular weight excluding hydrogens is 254 g/mol. The van der Waals surface area contributed by atoms with E-state index in [1.807, 2.05) is 0 Å². The molecule has 1 fully saturated rings. The minimum Gasteiger partial charge on any atom is -0.311 e. The highest BCUT2D eigenvalue weighted by atomic mass is 32.2. The summed E-state index contributed by atoms with van der Waals surface area (Å²) < 4.78 is 0. The summed E-state index contributed by atoms with van der Waals surface area (Å²) in [4.78, 5) is 6.21. The summed E-state index contributed by atoms with van der Waals surface area (Å²) >= 11 is 1.79. The molecule has 3 nitrogen and oxygen atoms in total. The Morgan fingerprint density at radius 3 is 2.63 bits per heavy atom. The number of hydrogen-bond donors (Lipinski definition) is 1. The quantitative estimate of drug-likeness (QED) is 0.827. The first kappa shape index (κ1) is 14.9. The van der Waals surface area contributed by atoms with E-state index >= 15 is 0 Å². The Morgan fingerprint density at radius 1 is 1.21 bits per heavy atom. The first-order valence-electron chi connectivity index (χ1n) is 6.91. The zero-order chi connectivity index (χ0) is 13.7. The average molecular weight is 279 g/mol. The van der Waals surface area contributed by atoms with Crippen LogP contribution < -0.4 is 5.32 Å². The van der Waals surface area contributed by atoms with Gasteiger partial charge < -0.3 is 10.2 Å². The van der Waals surface area contributed by atoms with Gasteiger partial charge in [0.15, 0.2) is 0 Å². The summed E-state index contributed by atoms with van der Waals surface area (Å²) in [6.07, 6.45) is 2.11. The van der Waals surface area contributed by atoms with Crippen LogP contribution in [0.15, 0.2) is 29.2 Å². The lowest BCUT2D eigenvalue weighted by Crippen LogP contribution is -2.53. The molecule has 0 aliphatic carbocycles. The Labute approximate surface area is 121 Å². The van der Waals surface area contributed by atoms with E-state index in [9.17, 15) is 0 Å². The van der Waals surface area contributed by atoms with E-state index in [0.717, 1.165) is 19.6 Å². The molecule has 0 radical (unpaired) electrons. The topological polar surface area (TPSA) is 18.5 Å². The highest BCUT2D eigenvalue weighted by Crippen LogP contribution is 2.14. The van der Waals surface area contributed by atoms with Crippen LogP contribution >= 0.6 is 11.8 Å². The van der Waals surface area contributed by atoms with Gasteiger partial charge in [-0.15, -0.1) is 11.8 Å². The molecule has 1 saturated heterocycles. The maximum absolute atomic E-state index is 3.58. The summed E-state index contributed by atoms with van der Waals surface area (Å²) in [6, 6.07) is 9.46. The third kappa shape index (κ3) is 4.49. The largest absolute Gasteiger partial charge is 0.311 e. The molecule has 106 valence electrons. The fourth-order valence-electron chi connectivity index (χ4n) is 2.45. The highest BCUT2D eigenvalue weighted by molar-refractivity contribution is 7.98. The molecule has 0 spiro atoms. The van der Waals surface area contributed by atoms with Crippen LogP contribution in [0, 0.1) is 0 Å². The summed E-state index contributed by atoms with van der Waals surface area (Å²) in [5, 5.41) is 3.58. The zero-order valence-electron chi connectivity index (χ0n) is 12.2. The van der Waals surface area contributed by atoms with Gasteiger partial charge in [-0.05, 0) is 38.0 Å². The van der Waals surface area contributed by atoms with Gasteiger partial charge in [0.05, 0.1) is 0 Å². The summed E-state index contributed by atoms with van der Waals surface area (Å²) in [7, 11) is 4.44. The van der Waals surface area contributed by atoms with Gasteiger partial charge in [0.1, 0.15) is 0 Å². The van der Waals surface area contributed by atoms with Crippen molar-refractivity contribution >= 4 is 11.8 Å². The van der Waals surface area contributed by atoms with Crippen molar-refractivity contribution in [3.8, 4) is 0 Å². The second kappa shape index (κ2) is 7.29. The van der Waals surface area contributed by atoms with Crippen LogP contribution in [0.25, 0.3) is 0 Å². The van der Waals surface area contributed by atoms with Crippen molar-refractivity contribution in [2.75, 3.05) is 46.5 Å². The van der Waals surface area contributed by atoms with E-state index in [1.54, 1.807) is 11.8 Å². The lowest BCUT2D eigenvalue weighted by molar-refractivity contribution is 0.113. The molecule has 1 atom stereocenters. The average Bonchev–Trinajstić information content (AvgIpc) is 2.43. The van der Waals surface area contributed by atoms with E-state index < -0.39 is 0 Å². The maximum Gasteiger partial charge on any atom is 0.0345 e. The fraction of sp³-hybridized carbons (Fsp3) is 0.600. The van der Waals surface area contributed by atoms with Gasteiger partial charge in [0, 0.05) is 43.7 Å². The number of nitrogens with one attached hydrogen (secondary N) is 1. The minimum atomic E-state index is 0.629. The van der Waals surface area contributed by atoms with Crippen molar-refractivity contribution in [1.29, 1.82) is 0 Å². The molecule has 1 unspecified atom stereocenters. The number of piperazine rings is 1. The van der Waals surface area contributed by atoms with E-state index in [0.29, 0.717) is 6.04 Å². The molecule has 0 amide bonds. The van der Waals surface area contributed by atoms with E-state index in [-0.39, 0.29) is 0 Å². The first-order valence-corrected chi connectivity index (χ1v) is 8.14. The lowest BCUT2D eigenvalue weighted by atomic mass is 10.1. The molecule has 1 aliphatic rings. The van der Waals surface area contributed by atoms with Crippen molar-refractivity contribution in [3.63, 3.8) is 0 Å². The Morgan fingerprint density at radius 2 is 1.95 bits per heavy atom. The predicted octanol–water partition coefficient (Wildman–Crippen LogP) is 1.74. The minimum absolute atomic E-state index is 0.629. The fourth-order valence-corrected chi connectivity index (χ4v) is 2.86. The van der Waals surface area contributed by atoms with Crippen LogP contribution in [0.5, 0.6) is 0 Å². The summed E-state index contributed by atoms with van der Waals surface area (Å²) in [5.41, 5.74) is 1.37. The third-order valence-corrected chi connectivity index (χ3v) is 4.59. The third-order valence-electron chi connectivity index (χ3n) is 3.85. The second-order valence-electron chi connectivity index (χ2n) is 5.38. The van der Waals surface area contributed by atoms with Crippen LogP contribution in [0.1, 0.15) is 5.56 Å². The van der Waals surface area contributed by atoms with Crippen molar-refractivity contribution in [1.82, 2.24) is 15.1 Å². The van der Waals surface area contributed by atoms with Crippen molar-refractivity contribution in [2.24, 2.45) is 0 Å². The van der Waals surface area contributed by atoms with Crippen LogP contribution in [-0.2, 0) is 6.54 Å². The molecule has 0 saturated carbocycles. The molecular formula is C15H25N3S. The monoisotopic (exact) mass is 279 g/mol. The van der Waals surface area contributed by atoms with Crippen molar-refractivity contribution in [2.45, 2.75) is 17.5 Å². The number of nitrogens with zero attached hydrogens (tertiary/aromatic N) is 2. The number of thioether (sulfide) groups is 1. The molecule has 4 heteroatoms. The molecule has 1 aromatic rings. The zero-order valence-corrected chi connectivity index (χ0v) is 13.0. The molecule has 1 N–H and O–H groups in total. The molecule has 19 heavy (non-hydrogen) atoms. The van der Waals surface area contributed by atoms with Gasteiger partial charge in [-0.2, -0.15) is 0 Å². The molecule has 2 rings (SSSR count). The van der Waals surface area contributed by atoms with Crippen LogP contribution in [0.2, 0.25) is 0 Å². The smallest absolute Gasteiger partial charge is 0.0345 e. The van der Waals surface area contributed by atoms with E-state index in [1.165, 1.54) is 23.5 Å². The van der Waals surface area contributed by atoms with Gasteiger partial charge in [-0.3, -0.25) is 4.90 Å². The number of benzene rings is 1. The molecule has 1 aromatic carbocycles. The second-order valence-corrected chi connectivity index (χ2v) is 6.26. The lowest BCUT2D eigenvalue weighted by Gasteiger charge is -2.37.